The molecule has 7 heteroatoms. The summed E-state index contributed by atoms with van der Waals surface area (Å²) in [7, 11) is 4.09. The third-order valence-corrected chi connectivity index (χ3v) is 4.90. The van der Waals surface area contributed by atoms with Crippen molar-refractivity contribution >= 4 is 0 Å². The van der Waals surface area contributed by atoms with Gasteiger partial charge in [0.05, 0.1) is 38.1 Å². The molecule has 7 nitrogen and oxygen atoms in total. The second kappa shape index (κ2) is 9.83. The Bertz CT molecular complexity index is 640. The minimum atomic E-state index is -0.501. The van der Waals surface area contributed by atoms with E-state index in [2.05, 4.69) is 17.0 Å². The Balaban J connectivity index is 1.52. The fraction of sp³-hybridized carbons (Fsp3) is 0.739. The minimum absolute atomic E-state index is 0.0661. The molecule has 3 rings (SSSR count). The van der Waals surface area contributed by atoms with Crippen LogP contribution in [0, 0.1) is 0 Å². The highest BCUT2D eigenvalue weighted by Gasteiger charge is 2.33. The summed E-state index contributed by atoms with van der Waals surface area (Å²) in [5.74, 6) is 1.10. The van der Waals surface area contributed by atoms with Crippen LogP contribution in [0.2, 0.25) is 0 Å². The smallest absolute Gasteiger partial charge is 0.163 e. The van der Waals surface area contributed by atoms with Crippen LogP contribution in [0.5, 0.6) is 11.5 Å². The molecule has 0 aromatic heterocycles. The van der Waals surface area contributed by atoms with E-state index in [1.54, 1.807) is 0 Å². The van der Waals surface area contributed by atoms with Crippen LogP contribution in [-0.4, -0.2) is 69.2 Å². The van der Waals surface area contributed by atoms with Crippen molar-refractivity contribution in [2.45, 2.75) is 70.9 Å². The van der Waals surface area contributed by atoms with Crippen molar-refractivity contribution in [1.29, 1.82) is 0 Å². The zero-order valence-electron chi connectivity index (χ0n) is 19.2. The molecule has 0 bridgehead atoms. The van der Waals surface area contributed by atoms with E-state index in [1.807, 2.05) is 47.9 Å². The van der Waals surface area contributed by atoms with Gasteiger partial charge in [-0.2, -0.15) is 0 Å². The largest absolute Gasteiger partial charge is 0.493 e. The van der Waals surface area contributed by atoms with Crippen LogP contribution in [0.1, 0.15) is 46.1 Å². The lowest BCUT2D eigenvalue weighted by Gasteiger charge is -2.18. The lowest BCUT2D eigenvalue weighted by atomic mass is 10.2. The highest BCUT2D eigenvalue weighted by Crippen LogP contribution is 2.28. The Morgan fingerprint density at radius 3 is 2.17 bits per heavy atom. The van der Waals surface area contributed by atoms with Crippen LogP contribution in [0.25, 0.3) is 0 Å². The summed E-state index contributed by atoms with van der Waals surface area (Å²) in [6, 6.07) is 6.06. The van der Waals surface area contributed by atoms with E-state index in [4.69, 9.17) is 28.4 Å². The molecular weight excluding hydrogens is 386 g/mol. The maximum Gasteiger partial charge on any atom is 0.163 e. The highest BCUT2D eigenvalue weighted by molar-refractivity contribution is 5.38. The molecule has 0 amide bonds. The maximum absolute atomic E-state index is 6.02. The van der Waals surface area contributed by atoms with Crippen molar-refractivity contribution in [3.05, 3.63) is 23.8 Å². The standard InChI is InChI=1S/C23H37NO6/c1-22(2)16-27-21(30-22)8-10-26-20-12-17(14-24(5)6)11-19(13-20)25-9-7-18-15-28-23(3,4)29-18/h11-13,18,21H,7-10,14-16H2,1-6H3. The Kier molecular flexibility index (Phi) is 7.63. The Morgan fingerprint density at radius 2 is 1.63 bits per heavy atom. The first-order valence-electron chi connectivity index (χ1n) is 10.8. The van der Waals surface area contributed by atoms with E-state index in [0.29, 0.717) is 32.8 Å². The molecule has 0 spiro atoms. The van der Waals surface area contributed by atoms with Crippen LogP contribution in [0.4, 0.5) is 0 Å². The number of rotatable bonds is 10. The summed E-state index contributed by atoms with van der Waals surface area (Å²) in [6.45, 7) is 11.0. The molecule has 0 saturated carbocycles. The van der Waals surface area contributed by atoms with Gasteiger partial charge in [-0.25, -0.2) is 0 Å². The molecule has 2 aliphatic heterocycles. The van der Waals surface area contributed by atoms with Crippen LogP contribution in [0.3, 0.4) is 0 Å². The van der Waals surface area contributed by atoms with E-state index in [0.717, 1.165) is 30.0 Å². The molecule has 2 atom stereocenters. The number of hydrogen-bond donors (Lipinski definition) is 0. The van der Waals surface area contributed by atoms with E-state index < -0.39 is 5.79 Å². The van der Waals surface area contributed by atoms with Gasteiger partial charge in [-0.05, 0) is 59.5 Å². The summed E-state index contributed by atoms with van der Waals surface area (Å²) in [4.78, 5) is 2.12. The topological polar surface area (TPSA) is 58.6 Å². The molecule has 2 heterocycles. The van der Waals surface area contributed by atoms with Gasteiger partial charge in [0.25, 0.3) is 0 Å². The van der Waals surface area contributed by atoms with E-state index in [1.165, 1.54) is 0 Å². The van der Waals surface area contributed by atoms with Crippen molar-refractivity contribution in [2.75, 3.05) is 40.5 Å². The molecule has 0 aliphatic carbocycles. The zero-order chi connectivity index (χ0) is 21.8. The summed E-state index contributed by atoms with van der Waals surface area (Å²) in [6.07, 6.45) is 1.32. The first-order valence-corrected chi connectivity index (χ1v) is 10.8. The third-order valence-electron chi connectivity index (χ3n) is 4.90. The molecule has 30 heavy (non-hydrogen) atoms. The Morgan fingerprint density at radius 1 is 0.967 bits per heavy atom. The van der Waals surface area contributed by atoms with Crippen molar-refractivity contribution in [3.63, 3.8) is 0 Å². The number of hydrogen-bond acceptors (Lipinski definition) is 7. The fourth-order valence-electron chi connectivity index (χ4n) is 3.60. The molecule has 1 aromatic rings. The van der Waals surface area contributed by atoms with E-state index in [9.17, 15) is 0 Å². The Hall–Kier alpha value is -1.38. The third kappa shape index (κ3) is 7.39. The SMILES string of the molecule is CN(C)Cc1cc(OCCC2COC(C)(C)O2)cc(OCCC2OCC(C)(C)O2)c1. The van der Waals surface area contributed by atoms with E-state index in [-0.39, 0.29) is 18.0 Å². The van der Waals surface area contributed by atoms with Gasteiger partial charge < -0.3 is 33.3 Å². The molecular formula is C23H37NO6. The van der Waals surface area contributed by atoms with E-state index >= 15 is 0 Å². The minimum Gasteiger partial charge on any atom is -0.493 e. The van der Waals surface area contributed by atoms with Crippen LogP contribution < -0.4 is 9.47 Å². The molecule has 2 aliphatic rings. The molecule has 2 saturated heterocycles. The van der Waals surface area contributed by atoms with Crippen molar-refractivity contribution < 1.29 is 28.4 Å². The summed E-state index contributed by atoms with van der Waals surface area (Å²) >= 11 is 0. The van der Waals surface area contributed by atoms with Gasteiger partial charge in [0.1, 0.15) is 11.5 Å². The second-order valence-corrected chi connectivity index (χ2v) is 9.39. The maximum atomic E-state index is 6.02. The van der Waals surface area contributed by atoms with Crippen LogP contribution >= 0.6 is 0 Å². The van der Waals surface area contributed by atoms with Gasteiger partial charge in [-0.15, -0.1) is 0 Å². The van der Waals surface area contributed by atoms with Crippen molar-refractivity contribution in [2.24, 2.45) is 0 Å². The first kappa shape index (κ1) is 23.3. The lowest BCUT2D eigenvalue weighted by Crippen LogP contribution is -2.23. The van der Waals surface area contributed by atoms with Gasteiger partial charge >= 0.3 is 0 Å². The molecule has 2 unspecified atom stereocenters. The van der Waals surface area contributed by atoms with Crippen LogP contribution in [-0.2, 0) is 25.5 Å². The van der Waals surface area contributed by atoms with Crippen LogP contribution in [0.15, 0.2) is 18.2 Å². The second-order valence-electron chi connectivity index (χ2n) is 9.39. The monoisotopic (exact) mass is 423 g/mol. The number of nitrogens with zero attached hydrogens (tertiary/aromatic N) is 1. The number of benzene rings is 1. The van der Waals surface area contributed by atoms with Gasteiger partial charge in [0, 0.05) is 25.5 Å². The van der Waals surface area contributed by atoms with Crippen molar-refractivity contribution in [1.82, 2.24) is 4.90 Å². The van der Waals surface area contributed by atoms with Gasteiger partial charge in [-0.1, -0.05) is 0 Å². The zero-order valence-corrected chi connectivity index (χ0v) is 19.2. The summed E-state index contributed by atoms with van der Waals surface area (Å²) in [5.41, 5.74) is 0.921. The quantitative estimate of drug-likeness (QED) is 0.570. The molecule has 1 aromatic carbocycles. The molecule has 0 N–H and O–H groups in total. The van der Waals surface area contributed by atoms with Crippen molar-refractivity contribution in [3.8, 4) is 11.5 Å². The van der Waals surface area contributed by atoms with Gasteiger partial charge in [0.2, 0.25) is 0 Å². The number of ether oxygens (including phenoxy) is 6. The molecule has 170 valence electrons. The highest BCUT2D eigenvalue weighted by atomic mass is 16.7. The average Bonchev–Trinajstić information content (AvgIpc) is 3.15. The molecule has 2 fully saturated rings. The Labute approximate surface area is 180 Å². The predicted molar refractivity (Wildman–Crippen MR) is 114 cm³/mol. The normalized spacial score (nSPS) is 25.0. The fourth-order valence-corrected chi connectivity index (χ4v) is 3.60. The predicted octanol–water partition coefficient (Wildman–Crippen LogP) is 3.59. The summed E-state index contributed by atoms with van der Waals surface area (Å²) < 4.78 is 35.0. The first-order chi connectivity index (χ1) is 14.1. The molecule has 0 radical (unpaired) electrons. The summed E-state index contributed by atoms with van der Waals surface area (Å²) in [5, 5.41) is 0. The van der Waals surface area contributed by atoms with Gasteiger partial charge in [-0.3, -0.25) is 0 Å². The van der Waals surface area contributed by atoms with Gasteiger partial charge in [0.15, 0.2) is 12.1 Å². The lowest BCUT2D eigenvalue weighted by molar-refractivity contribution is -0.139. The average molecular weight is 424 g/mol.